The van der Waals surface area contributed by atoms with Gasteiger partial charge in [0.1, 0.15) is 13.8 Å². The van der Waals surface area contributed by atoms with Crippen LogP contribution in [0, 0.1) is 0 Å². The number of rotatable bonds is 6. The largest absolute Gasteiger partial charge is 0.453 e. The van der Waals surface area contributed by atoms with Crippen LogP contribution in [-0.4, -0.2) is 24.1 Å². The van der Waals surface area contributed by atoms with Crippen molar-refractivity contribution in [1.82, 2.24) is 0 Å². The zero-order chi connectivity index (χ0) is 13.9. The Kier molecular flexibility index (Phi) is 6.34. The van der Waals surface area contributed by atoms with Gasteiger partial charge in [0.2, 0.25) is 3.79 Å². The van der Waals surface area contributed by atoms with Crippen molar-refractivity contribution in [2.75, 3.05) is 0 Å². The van der Waals surface area contributed by atoms with E-state index in [9.17, 15) is 4.79 Å². The maximum Gasteiger partial charge on any atom is 0.417 e. The van der Waals surface area contributed by atoms with Crippen molar-refractivity contribution in [1.29, 1.82) is 0 Å². The number of hydrogen-bond donors (Lipinski definition) is 0. The van der Waals surface area contributed by atoms with Gasteiger partial charge in [-0.2, -0.15) is 0 Å². The number of alkyl halides is 3. The average molecular weight is 319 g/mol. The maximum absolute atomic E-state index is 10.5. The molecule has 0 fully saturated rings. The molecule has 1 atom stereocenters. The van der Waals surface area contributed by atoms with Gasteiger partial charge in [-0.3, -0.25) is 0 Å². The van der Waals surface area contributed by atoms with Crippen molar-refractivity contribution in [2.24, 2.45) is 0 Å². The van der Waals surface area contributed by atoms with E-state index < -0.39 is 17.6 Å². The van der Waals surface area contributed by atoms with Crippen LogP contribution in [0.1, 0.15) is 33.6 Å². The van der Waals surface area contributed by atoms with E-state index in [2.05, 4.69) is 33.9 Å². The minimum atomic E-state index is -2.12. The second-order valence-corrected chi connectivity index (χ2v) is 13.2. The third kappa shape index (κ3) is 4.30. The van der Waals surface area contributed by atoms with Gasteiger partial charge in [0.05, 0.1) is 0 Å². The Balaban J connectivity index is 5.27. The first-order chi connectivity index (χ1) is 7.50. The fraction of sp³-hybridized carbons (Fsp3) is 0.909. The van der Waals surface area contributed by atoms with E-state index in [1.54, 1.807) is 0 Å². The SMILES string of the molecule is CCCC(C)(C)[Si](C)(C)C(O[C]=O)C(Cl)(Cl)Cl. The van der Waals surface area contributed by atoms with Crippen molar-refractivity contribution in [2.45, 2.75) is 61.3 Å². The molecule has 0 aliphatic carbocycles. The molecular formula is C11H20Cl3O2Si. The highest BCUT2D eigenvalue weighted by Crippen LogP contribution is 2.49. The Morgan fingerprint density at radius 3 is 2.06 bits per heavy atom. The molecule has 0 saturated carbocycles. The van der Waals surface area contributed by atoms with Gasteiger partial charge in [-0.25, -0.2) is 4.79 Å². The molecule has 0 aromatic rings. The summed E-state index contributed by atoms with van der Waals surface area (Å²) in [5, 5.41) is 0.00713. The van der Waals surface area contributed by atoms with Crippen molar-refractivity contribution < 1.29 is 9.53 Å². The molecule has 0 aromatic heterocycles. The lowest BCUT2D eigenvalue weighted by atomic mass is 10.1. The molecular weight excluding hydrogens is 299 g/mol. The first-order valence-corrected chi connectivity index (χ1v) is 9.81. The topological polar surface area (TPSA) is 26.3 Å². The van der Waals surface area contributed by atoms with E-state index in [-0.39, 0.29) is 5.04 Å². The summed E-state index contributed by atoms with van der Waals surface area (Å²) in [6.07, 6.45) is 2.05. The quantitative estimate of drug-likeness (QED) is 0.527. The van der Waals surface area contributed by atoms with Gasteiger partial charge in [-0.05, 0) is 5.04 Å². The van der Waals surface area contributed by atoms with E-state index in [0.717, 1.165) is 12.8 Å². The summed E-state index contributed by atoms with van der Waals surface area (Å²) < 4.78 is 3.37. The Morgan fingerprint density at radius 1 is 1.29 bits per heavy atom. The van der Waals surface area contributed by atoms with E-state index >= 15 is 0 Å². The Morgan fingerprint density at radius 2 is 1.76 bits per heavy atom. The van der Waals surface area contributed by atoms with Crippen LogP contribution in [0.15, 0.2) is 0 Å². The summed E-state index contributed by atoms with van der Waals surface area (Å²) in [4.78, 5) is 10.5. The van der Waals surface area contributed by atoms with Gasteiger partial charge in [0.15, 0.2) is 0 Å². The lowest BCUT2D eigenvalue weighted by Gasteiger charge is -2.46. The van der Waals surface area contributed by atoms with E-state index in [0.29, 0.717) is 0 Å². The first kappa shape index (κ1) is 17.6. The van der Waals surface area contributed by atoms with Crippen LogP contribution in [0.4, 0.5) is 0 Å². The van der Waals surface area contributed by atoms with Gasteiger partial charge < -0.3 is 4.74 Å². The molecule has 6 heteroatoms. The van der Waals surface area contributed by atoms with E-state index in [1.165, 1.54) is 6.47 Å². The summed E-state index contributed by atoms with van der Waals surface area (Å²) in [7, 11) is -2.12. The van der Waals surface area contributed by atoms with E-state index in [4.69, 9.17) is 39.5 Å². The van der Waals surface area contributed by atoms with Crippen LogP contribution >= 0.6 is 34.8 Å². The predicted octanol–water partition coefficient (Wildman–Crippen LogP) is 4.64. The summed E-state index contributed by atoms with van der Waals surface area (Å²) in [5.41, 5.74) is -0.695. The van der Waals surface area contributed by atoms with E-state index in [1.807, 2.05) is 0 Å². The van der Waals surface area contributed by atoms with Gasteiger partial charge in [0, 0.05) is 0 Å². The lowest BCUT2D eigenvalue weighted by Crippen LogP contribution is -2.57. The zero-order valence-electron chi connectivity index (χ0n) is 10.9. The summed E-state index contributed by atoms with van der Waals surface area (Å²) in [6, 6.07) is 0. The molecule has 1 radical (unpaired) electrons. The Hall–Kier alpha value is 0.557. The number of carbonyl (C=O) groups excluding carboxylic acids is 1. The minimum Gasteiger partial charge on any atom is -0.453 e. The molecule has 2 nitrogen and oxygen atoms in total. The van der Waals surface area contributed by atoms with Gasteiger partial charge >= 0.3 is 6.47 Å². The molecule has 1 unspecified atom stereocenters. The number of halogens is 3. The molecule has 0 amide bonds. The second kappa shape index (κ2) is 6.13. The molecule has 0 heterocycles. The highest BCUT2D eigenvalue weighted by molar-refractivity contribution is 6.86. The maximum atomic E-state index is 10.5. The molecule has 0 saturated heterocycles. The van der Waals surface area contributed by atoms with Crippen LogP contribution < -0.4 is 0 Å². The molecule has 0 spiro atoms. The fourth-order valence-electron chi connectivity index (χ4n) is 1.97. The highest BCUT2D eigenvalue weighted by atomic mass is 35.6. The highest BCUT2D eigenvalue weighted by Gasteiger charge is 2.54. The molecule has 0 bridgehead atoms. The molecule has 0 aliphatic rings. The third-order valence-electron chi connectivity index (χ3n) is 3.74. The molecule has 101 valence electrons. The fourth-order valence-corrected chi connectivity index (χ4v) is 7.33. The van der Waals surface area contributed by atoms with Crippen molar-refractivity contribution in [3.8, 4) is 0 Å². The monoisotopic (exact) mass is 317 g/mol. The molecule has 0 rings (SSSR count). The standard InChI is InChI=1S/C11H20Cl3O2Si/c1-6-7-10(2,3)17(4,5)9(16-8-15)11(12,13)14/h9H,6-7H2,1-5H3. The number of hydrogen-bond acceptors (Lipinski definition) is 2. The Labute approximate surface area is 120 Å². The minimum absolute atomic E-state index is 0.00713. The molecule has 0 N–H and O–H groups in total. The van der Waals surface area contributed by atoms with Crippen molar-refractivity contribution in [3.63, 3.8) is 0 Å². The normalized spacial score (nSPS) is 15.5. The van der Waals surface area contributed by atoms with Gasteiger partial charge in [-0.15, -0.1) is 0 Å². The summed E-state index contributed by atoms with van der Waals surface area (Å²) in [6.45, 7) is 12.0. The van der Waals surface area contributed by atoms with Crippen molar-refractivity contribution in [3.05, 3.63) is 0 Å². The van der Waals surface area contributed by atoms with Crippen LogP contribution in [0.3, 0.4) is 0 Å². The van der Waals surface area contributed by atoms with Gasteiger partial charge in [0.25, 0.3) is 0 Å². The smallest absolute Gasteiger partial charge is 0.417 e. The van der Waals surface area contributed by atoms with Crippen LogP contribution in [0.2, 0.25) is 18.1 Å². The van der Waals surface area contributed by atoms with Crippen LogP contribution in [-0.2, 0) is 9.53 Å². The van der Waals surface area contributed by atoms with Crippen molar-refractivity contribution >= 4 is 49.3 Å². The predicted molar refractivity (Wildman–Crippen MR) is 77.3 cm³/mol. The summed E-state index contributed by atoms with van der Waals surface area (Å²) in [5.74, 6) is 0. The zero-order valence-corrected chi connectivity index (χ0v) is 14.2. The first-order valence-electron chi connectivity index (χ1n) is 5.60. The molecule has 17 heavy (non-hydrogen) atoms. The van der Waals surface area contributed by atoms with Gasteiger partial charge in [-0.1, -0.05) is 81.5 Å². The molecule has 0 aliphatic heterocycles. The Bertz CT molecular complexity index is 262. The summed E-state index contributed by atoms with van der Waals surface area (Å²) >= 11 is 17.8. The van der Waals surface area contributed by atoms with Crippen LogP contribution in [0.5, 0.6) is 0 Å². The number of ether oxygens (including phenoxy) is 1. The lowest BCUT2D eigenvalue weighted by molar-refractivity contribution is 0.233. The second-order valence-electron chi connectivity index (χ2n) is 5.48. The molecule has 0 aromatic carbocycles. The average Bonchev–Trinajstić information content (AvgIpc) is 2.11. The third-order valence-corrected chi connectivity index (χ3v) is 10.5. The van der Waals surface area contributed by atoms with Crippen LogP contribution in [0.25, 0.3) is 0 Å².